The Morgan fingerprint density at radius 2 is 2.24 bits per heavy atom. The predicted octanol–water partition coefficient (Wildman–Crippen LogP) is 2.75. The minimum atomic E-state index is -0.162. The van der Waals surface area contributed by atoms with Crippen LogP contribution in [-0.2, 0) is 20.7 Å². The van der Waals surface area contributed by atoms with Crippen molar-refractivity contribution in [3.8, 4) is 0 Å². The Labute approximate surface area is 131 Å². The molecule has 5 nitrogen and oxygen atoms in total. The zero-order valence-electron chi connectivity index (χ0n) is 13.4. The molecule has 0 bridgehead atoms. The first-order valence-corrected chi connectivity index (χ1v) is 8.28. The van der Waals surface area contributed by atoms with Gasteiger partial charge in [0.15, 0.2) is 5.13 Å². The summed E-state index contributed by atoms with van der Waals surface area (Å²) in [6.07, 6.45) is 1.02. The SMILES string of the molecule is CCOC(=O)CCc1csc(N(CCOC)CC(C)C)n1. The Morgan fingerprint density at radius 1 is 1.48 bits per heavy atom. The van der Waals surface area contributed by atoms with E-state index in [0.29, 0.717) is 32.0 Å². The van der Waals surface area contributed by atoms with Gasteiger partial charge in [-0.1, -0.05) is 13.8 Å². The van der Waals surface area contributed by atoms with Gasteiger partial charge in [-0.15, -0.1) is 11.3 Å². The van der Waals surface area contributed by atoms with E-state index in [2.05, 4.69) is 23.7 Å². The van der Waals surface area contributed by atoms with Crippen molar-refractivity contribution in [2.45, 2.75) is 33.6 Å². The molecule has 0 saturated heterocycles. The number of anilines is 1. The number of hydrogen-bond donors (Lipinski definition) is 0. The van der Waals surface area contributed by atoms with Crippen molar-refractivity contribution in [3.63, 3.8) is 0 Å². The molecule has 0 aliphatic heterocycles. The summed E-state index contributed by atoms with van der Waals surface area (Å²) in [5.41, 5.74) is 0.953. The van der Waals surface area contributed by atoms with Gasteiger partial charge < -0.3 is 14.4 Å². The highest BCUT2D eigenvalue weighted by Gasteiger charge is 2.13. The molecule has 1 rings (SSSR count). The maximum atomic E-state index is 11.4. The van der Waals surface area contributed by atoms with Crippen LogP contribution >= 0.6 is 11.3 Å². The minimum absolute atomic E-state index is 0.162. The topological polar surface area (TPSA) is 51.7 Å². The highest BCUT2D eigenvalue weighted by atomic mass is 32.1. The zero-order chi connectivity index (χ0) is 15.7. The van der Waals surface area contributed by atoms with Gasteiger partial charge in [0.1, 0.15) is 0 Å². The lowest BCUT2D eigenvalue weighted by molar-refractivity contribution is -0.143. The summed E-state index contributed by atoms with van der Waals surface area (Å²) in [5.74, 6) is 0.402. The van der Waals surface area contributed by atoms with Crippen LogP contribution in [-0.4, -0.2) is 44.4 Å². The third kappa shape index (κ3) is 6.91. The fourth-order valence-corrected chi connectivity index (χ4v) is 2.82. The molecular formula is C15H26N2O3S. The Bertz CT molecular complexity index is 421. The number of ether oxygens (including phenoxy) is 2. The maximum absolute atomic E-state index is 11.4. The van der Waals surface area contributed by atoms with Crippen LogP contribution in [0.2, 0.25) is 0 Å². The van der Waals surface area contributed by atoms with Crippen LogP contribution in [0, 0.1) is 5.92 Å². The van der Waals surface area contributed by atoms with Gasteiger partial charge in [-0.05, 0) is 12.8 Å². The van der Waals surface area contributed by atoms with Gasteiger partial charge in [0.05, 0.1) is 25.3 Å². The van der Waals surface area contributed by atoms with Gasteiger partial charge in [0.2, 0.25) is 0 Å². The van der Waals surface area contributed by atoms with Gasteiger partial charge in [-0.3, -0.25) is 4.79 Å². The van der Waals surface area contributed by atoms with Crippen LogP contribution in [0.3, 0.4) is 0 Å². The molecule has 1 aromatic heterocycles. The number of esters is 1. The third-order valence-electron chi connectivity index (χ3n) is 2.85. The van der Waals surface area contributed by atoms with E-state index >= 15 is 0 Å². The highest BCUT2D eigenvalue weighted by molar-refractivity contribution is 7.13. The Kier molecular flexibility index (Phi) is 8.30. The van der Waals surface area contributed by atoms with E-state index in [1.807, 2.05) is 12.3 Å². The predicted molar refractivity (Wildman–Crippen MR) is 86.0 cm³/mol. The largest absolute Gasteiger partial charge is 0.466 e. The number of thiazole rings is 1. The number of aryl methyl sites for hydroxylation is 1. The molecule has 6 heteroatoms. The van der Waals surface area contributed by atoms with E-state index in [0.717, 1.165) is 23.9 Å². The van der Waals surface area contributed by atoms with Crippen molar-refractivity contribution < 1.29 is 14.3 Å². The van der Waals surface area contributed by atoms with Crippen molar-refractivity contribution in [2.24, 2.45) is 5.92 Å². The van der Waals surface area contributed by atoms with E-state index in [1.165, 1.54) is 0 Å². The van der Waals surface area contributed by atoms with E-state index in [9.17, 15) is 4.79 Å². The number of carbonyl (C=O) groups is 1. The van der Waals surface area contributed by atoms with Crippen LogP contribution in [0.1, 0.15) is 32.9 Å². The summed E-state index contributed by atoms with van der Waals surface area (Å²) in [6.45, 7) is 9.10. The Morgan fingerprint density at radius 3 is 2.86 bits per heavy atom. The highest BCUT2D eigenvalue weighted by Crippen LogP contribution is 2.22. The van der Waals surface area contributed by atoms with Crippen molar-refractivity contribution >= 4 is 22.4 Å². The zero-order valence-corrected chi connectivity index (χ0v) is 14.2. The average molecular weight is 314 g/mol. The van der Waals surface area contributed by atoms with E-state index in [4.69, 9.17) is 9.47 Å². The third-order valence-corrected chi connectivity index (χ3v) is 3.80. The van der Waals surface area contributed by atoms with E-state index in [1.54, 1.807) is 18.4 Å². The molecule has 0 saturated carbocycles. The number of nitrogens with zero attached hydrogens (tertiary/aromatic N) is 2. The van der Waals surface area contributed by atoms with E-state index < -0.39 is 0 Å². The first kappa shape index (κ1) is 17.9. The number of carbonyl (C=O) groups excluding carboxylic acids is 1. The molecule has 0 aliphatic rings. The van der Waals surface area contributed by atoms with Gasteiger partial charge in [-0.25, -0.2) is 4.98 Å². The second-order valence-corrected chi connectivity index (χ2v) is 6.10. The quantitative estimate of drug-likeness (QED) is 0.622. The number of hydrogen-bond acceptors (Lipinski definition) is 6. The molecule has 0 aliphatic carbocycles. The number of rotatable bonds is 10. The summed E-state index contributed by atoms with van der Waals surface area (Å²) in [4.78, 5) is 18.2. The monoisotopic (exact) mass is 314 g/mol. The normalized spacial score (nSPS) is 10.9. The molecule has 1 heterocycles. The number of methoxy groups -OCH3 is 1. The molecule has 0 radical (unpaired) electrons. The molecule has 0 fully saturated rings. The summed E-state index contributed by atoms with van der Waals surface area (Å²) in [7, 11) is 1.71. The van der Waals surface area contributed by atoms with Crippen LogP contribution < -0.4 is 4.90 Å². The lowest BCUT2D eigenvalue weighted by atomic mass is 10.2. The fourth-order valence-electron chi connectivity index (χ4n) is 1.93. The van der Waals surface area contributed by atoms with Crippen molar-refractivity contribution in [1.82, 2.24) is 4.98 Å². The van der Waals surface area contributed by atoms with Gasteiger partial charge in [0, 0.05) is 32.0 Å². The standard InChI is InChI=1S/C15H26N2O3S/c1-5-20-14(18)7-6-13-11-21-15(16-13)17(8-9-19-4)10-12(2)3/h11-12H,5-10H2,1-4H3. The molecule has 0 amide bonds. The first-order valence-electron chi connectivity index (χ1n) is 7.40. The smallest absolute Gasteiger partial charge is 0.306 e. The molecular weight excluding hydrogens is 288 g/mol. The van der Waals surface area contributed by atoms with E-state index in [-0.39, 0.29) is 5.97 Å². The molecule has 120 valence electrons. The van der Waals surface area contributed by atoms with Crippen LogP contribution in [0.25, 0.3) is 0 Å². The molecule has 0 unspecified atom stereocenters. The fraction of sp³-hybridized carbons (Fsp3) is 0.733. The van der Waals surface area contributed by atoms with Crippen LogP contribution in [0.4, 0.5) is 5.13 Å². The minimum Gasteiger partial charge on any atom is -0.466 e. The van der Waals surface area contributed by atoms with Gasteiger partial charge >= 0.3 is 5.97 Å². The summed E-state index contributed by atoms with van der Waals surface area (Å²) >= 11 is 1.62. The molecule has 0 spiro atoms. The van der Waals surface area contributed by atoms with Gasteiger partial charge in [0.25, 0.3) is 0 Å². The molecule has 0 aromatic carbocycles. The Hall–Kier alpha value is -1.14. The Balaban J connectivity index is 2.58. The first-order chi connectivity index (χ1) is 10.1. The number of aromatic nitrogens is 1. The second kappa shape index (κ2) is 9.73. The van der Waals surface area contributed by atoms with Crippen molar-refractivity contribution in [2.75, 3.05) is 38.3 Å². The summed E-state index contributed by atoms with van der Waals surface area (Å²) < 4.78 is 10.1. The van der Waals surface area contributed by atoms with Gasteiger partial charge in [-0.2, -0.15) is 0 Å². The summed E-state index contributed by atoms with van der Waals surface area (Å²) in [5, 5.41) is 3.02. The second-order valence-electron chi connectivity index (χ2n) is 5.26. The summed E-state index contributed by atoms with van der Waals surface area (Å²) in [6, 6.07) is 0. The van der Waals surface area contributed by atoms with Crippen LogP contribution in [0.15, 0.2) is 5.38 Å². The van der Waals surface area contributed by atoms with Crippen molar-refractivity contribution in [3.05, 3.63) is 11.1 Å². The van der Waals surface area contributed by atoms with Crippen LogP contribution in [0.5, 0.6) is 0 Å². The van der Waals surface area contributed by atoms with Crippen molar-refractivity contribution in [1.29, 1.82) is 0 Å². The maximum Gasteiger partial charge on any atom is 0.306 e. The molecule has 21 heavy (non-hydrogen) atoms. The lowest BCUT2D eigenvalue weighted by Gasteiger charge is -2.23. The molecule has 0 N–H and O–H groups in total. The molecule has 0 atom stereocenters. The average Bonchev–Trinajstić information content (AvgIpc) is 2.90. The lowest BCUT2D eigenvalue weighted by Crippen LogP contribution is -2.30. The molecule has 1 aromatic rings.